The molecule has 0 fully saturated rings. The zero-order valence-electron chi connectivity index (χ0n) is 15.0. The summed E-state index contributed by atoms with van der Waals surface area (Å²) in [5.41, 5.74) is 2.49. The lowest BCUT2D eigenvalue weighted by Crippen LogP contribution is -2.16. The van der Waals surface area contributed by atoms with Crippen molar-refractivity contribution in [1.29, 1.82) is 0 Å². The van der Waals surface area contributed by atoms with Gasteiger partial charge >= 0.3 is 0 Å². The molecule has 0 radical (unpaired) electrons. The summed E-state index contributed by atoms with van der Waals surface area (Å²) in [5.74, 6) is 2.33. The van der Waals surface area contributed by atoms with E-state index in [-0.39, 0.29) is 0 Å². The van der Waals surface area contributed by atoms with Gasteiger partial charge in [-0.3, -0.25) is 0 Å². The number of benzene rings is 2. The number of methoxy groups -OCH3 is 1. The van der Waals surface area contributed by atoms with E-state index in [1.807, 2.05) is 12.1 Å². The van der Waals surface area contributed by atoms with Gasteiger partial charge in [0, 0.05) is 13.0 Å². The van der Waals surface area contributed by atoms with Crippen molar-refractivity contribution < 1.29 is 9.47 Å². The normalized spacial score (nSPS) is 10.8. The molecule has 0 unspecified atom stereocenters. The highest BCUT2D eigenvalue weighted by Crippen LogP contribution is 2.28. The zero-order chi connectivity index (χ0) is 17.2. The Balaban J connectivity index is 1.84. The summed E-state index contributed by atoms with van der Waals surface area (Å²) in [4.78, 5) is 0. The van der Waals surface area contributed by atoms with Gasteiger partial charge in [-0.2, -0.15) is 0 Å². The van der Waals surface area contributed by atoms with E-state index in [0.29, 0.717) is 6.61 Å². The largest absolute Gasteiger partial charge is 0.493 e. The van der Waals surface area contributed by atoms with Crippen LogP contribution in [0.2, 0.25) is 0 Å². The topological polar surface area (TPSA) is 30.5 Å². The first-order chi connectivity index (χ1) is 11.7. The fourth-order valence-corrected chi connectivity index (χ4v) is 2.49. The van der Waals surface area contributed by atoms with Crippen LogP contribution in [0.25, 0.3) is 0 Å². The summed E-state index contributed by atoms with van der Waals surface area (Å²) in [6.45, 7) is 7.02. The predicted molar refractivity (Wildman–Crippen MR) is 99.8 cm³/mol. The molecule has 0 aliphatic heterocycles. The quantitative estimate of drug-likeness (QED) is 0.654. The third-order valence-electron chi connectivity index (χ3n) is 3.95. The van der Waals surface area contributed by atoms with E-state index in [9.17, 15) is 0 Å². The second-order valence-corrected chi connectivity index (χ2v) is 6.43. The molecule has 3 nitrogen and oxygen atoms in total. The maximum Gasteiger partial charge on any atom is 0.161 e. The molecule has 24 heavy (non-hydrogen) atoms. The SMILES string of the molecule is COc1cc(CNCCC(C)C)ccc1OCCc1ccccc1. The first-order valence-electron chi connectivity index (χ1n) is 8.73. The van der Waals surface area contributed by atoms with E-state index in [1.165, 1.54) is 17.5 Å². The van der Waals surface area contributed by atoms with Crippen molar-refractivity contribution in [2.24, 2.45) is 5.92 Å². The van der Waals surface area contributed by atoms with Gasteiger partial charge in [-0.15, -0.1) is 0 Å². The third kappa shape index (κ3) is 6.25. The fraction of sp³-hybridized carbons (Fsp3) is 0.429. The molecule has 2 aromatic rings. The minimum atomic E-state index is 0.645. The molecule has 0 aromatic heterocycles. The molecule has 0 spiro atoms. The van der Waals surface area contributed by atoms with Crippen LogP contribution in [0.5, 0.6) is 11.5 Å². The Bertz CT molecular complexity index is 596. The van der Waals surface area contributed by atoms with Crippen LogP contribution < -0.4 is 14.8 Å². The average molecular weight is 327 g/mol. The Morgan fingerprint density at radius 3 is 2.46 bits per heavy atom. The molecule has 0 saturated heterocycles. The lowest BCUT2D eigenvalue weighted by molar-refractivity contribution is 0.297. The lowest BCUT2D eigenvalue weighted by atomic mass is 10.1. The van der Waals surface area contributed by atoms with E-state index in [2.05, 4.69) is 55.6 Å². The Labute approximate surface area is 146 Å². The second-order valence-electron chi connectivity index (χ2n) is 6.43. The molecular formula is C21H29NO2. The van der Waals surface area contributed by atoms with Crippen LogP contribution >= 0.6 is 0 Å². The minimum absolute atomic E-state index is 0.645. The third-order valence-corrected chi connectivity index (χ3v) is 3.95. The molecule has 2 aromatic carbocycles. The van der Waals surface area contributed by atoms with Crippen molar-refractivity contribution in [3.63, 3.8) is 0 Å². The molecule has 0 aliphatic rings. The summed E-state index contributed by atoms with van der Waals surface area (Å²) >= 11 is 0. The van der Waals surface area contributed by atoms with Crippen LogP contribution in [0, 0.1) is 5.92 Å². The van der Waals surface area contributed by atoms with Gasteiger partial charge in [-0.25, -0.2) is 0 Å². The molecule has 2 rings (SSSR count). The van der Waals surface area contributed by atoms with Crippen LogP contribution in [-0.2, 0) is 13.0 Å². The van der Waals surface area contributed by atoms with Gasteiger partial charge in [-0.1, -0.05) is 50.2 Å². The average Bonchev–Trinajstić information content (AvgIpc) is 2.60. The molecule has 130 valence electrons. The van der Waals surface area contributed by atoms with Crippen LogP contribution in [0.15, 0.2) is 48.5 Å². The molecule has 0 amide bonds. The number of hydrogen-bond acceptors (Lipinski definition) is 3. The maximum atomic E-state index is 5.90. The van der Waals surface area contributed by atoms with Crippen molar-refractivity contribution in [1.82, 2.24) is 5.32 Å². The number of nitrogens with one attached hydrogen (secondary N) is 1. The maximum absolute atomic E-state index is 5.90. The molecule has 0 atom stereocenters. The highest BCUT2D eigenvalue weighted by molar-refractivity contribution is 5.43. The summed E-state index contributed by atoms with van der Waals surface area (Å²) < 4.78 is 11.4. The van der Waals surface area contributed by atoms with Crippen molar-refractivity contribution in [2.75, 3.05) is 20.3 Å². The monoisotopic (exact) mass is 327 g/mol. The smallest absolute Gasteiger partial charge is 0.161 e. The summed E-state index contributed by atoms with van der Waals surface area (Å²) in [6.07, 6.45) is 2.08. The number of ether oxygens (including phenoxy) is 2. The molecule has 0 heterocycles. The van der Waals surface area contributed by atoms with Gasteiger partial charge < -0.3 is 14.8 Å². The van der Waals surface area contributed by atoms with Crippen molar-refractivity contribution in [3.05, 3.63) is 59.7 Å². The standard InChI is InChI=1S/C21H29NO2/c1-17(2)11-13-22-16-19-9-10-20(21(15-19)23-3)24-14-12-18-7-5-4-6-8-18/h4-10,15,17,22H,11-14,16H2,1-3H3. The van der Waals surface area contributed by atoms with Gasteiger partial charge in [0.15, 0.2) is 11.5 Å². The Morgan fingerprint density at radius 2 is 1.75 bits per heavy atom. The molecule has 1 N–H and O–H groups in total. The highest BCUT2D eigenvalue weighted by Gasteiger charge is 2.06. The second kappa shape index (κ2) is 9.99. The van der Waals surface area contributed by atoms with Crippen molar-refractivity contribution in [2.45, 2.75) is 33.2 Å². The molecule has 0 aliphatic carbocycles. The van der Waals surface area contributed by atoms with Gasteiger partial charge in [-0.05, 0) is 42.1 Å². The van der Waals surface area contributed by atoms with E-state index >= 15 is 0 Å². The van der Waals surface area contributed by atoms with Crippen molar-refractivity contribution in [3.8, 4) is 11.5 Å². The first-order valence-corrected chi connectivity index (χ1v) is 8.73. The summed E-state index contributed by atoms with van der Waals surface area (Å²) in [5, 5.41) is 3.47. The van der Waals surface area contributed by atoms with Crippen LogP contribution in [-0.4, -0.2) is 20.3 Å². The van der Waals surface area contributed by atoms with Crippen molar-refractivity contribution >= 4 is 0 Å². The van der Waals surface area contributed by atoms with Gasteiger partial charge in [0.1, 0.15) is 0 Å². The Morgan fingerprint density at radius 1 is 0.958 bits per heavy atom. The Hall–Kier alpha value is -2.00. The summed E-state index contributed by atoms with van der Waals surface area (Å²) in [6, 6.07) is 16.5. The molecule has 0 bridgehead atoms. The van der Waals surface area contributed by atoms with Crippen LogP contribution in [0.1, 0.15) is 31.4 Å². The van der Waals surface area contributed by atoms with E-state index < -0.39 is 0 Å². The van der Waals surface area contributed by atoms with Crippen LogP contribution in [0.4, 0.5) is 0 Å². The van der Waals surface area contributed by atoms with E-state index in [0.717, 1.165) is 36.9 Å². The van der Waals surface area contributed by atoms with E-state index in [4.69, 9.17) is 9.47 Å². The lowest BCUT2D eigenvalue weighted by Gasteiger charge is -2.13. The fourth-order valence-electron chi connectivity index (χ4n) is 2.49. The van der Waals surface area contributed by atoms with Gasteiger partial charge in [0.05, 0.1) is 13.7 Å². The highest BCUT2D eigenvalue weighted by atomic mass is 16.5. The van der Waals surface area contributed by atoms with E-state index in [1.54, 1.807) is 7.11 Å². The van der Waals surface area contributed by atoms with Gasteiger partial charge in [0.2, 0.25) is 0 Å². The first kappa shape index (κ1) is 18.3. The van der Waals surface area contributed by atoms with Crippen LogP contribution in [0.3, 0.4) is 0 Å². The minimum Gasteiger partial charge on any atom is -0.493 e. The summed E-state index contributed by atoms with van der Waals surface area (Å²) in [7, 11) is 1.69. The molecular weight excluding hydrogens is 298 g/mol. The molecule has 3 heteroatoms. The number of rotatable bonds is 10. The zero-order valence-corrected chi connectivity index (χ0v) is 15.0. The molecule has 0 saturated carbocycles. The van der Waals surface area contributed by atoms with Gasteiger partial charge in [0.25, 0.3) is 0 Å². The Kier molecular flexibility index (Phi) is 7.63. The predicted octanol–water partition coefficient (Wildman–Crippen LogP) is 4.45. The number of hydrogen-bond donors (Lipinski definition) is 1.